The molecule has 0 saturated carbocycles. The van der Waals surface area contributed by atoms with Gasteiger partial charge in [0.25, 0.3) is 10.2 Å². The smallest absolute Gasteiger partial charge is 0.299 e. The summed E-state index contributed by atoms with van der Waals surface area (Å²) in [6.45, 7) is 0.620. The number of rotatable bonds is 6. The summed E-state index contributed by atoms with van der Waals surface area (Å²) in [6.07, 6.45) is 0. The lowest BCUT2D eigenvalue weighted by molar-refractivity contribution is 0.204. The Morgan fingerprint density at radius 2 is 2.20 bits per heavy atom. The second-order valence-corrected chi connectivity index (χ2v) is 5.62. The highest BCUT2D eigenvalue weighted by atomic mass is 35.5. The molecule has 1 aromatic rings. The third-order valence-electron chi connectivity index (χ3n) is 2.15. The number of benzene rings is 1. The maximum absolute atomic E-state index is 11.8. The van der Waals surface area contributed by atoms with Gasteiger partial charge in [0.1, 0.15) is 0 Å². The second-order valence-electron chi connectivity index (χ2n) is 3.69. The molecule has 0 aliphatic heterocycles. The lowest BCUT2D eigenvalue weighted by atomic mass is 10.2. The van der Waals surface area contributed by atoms with Crippen LogP contribution in [0.2, 0.25) is 5.02 Å². The Balaban J connectivity index is 2.91. The number of nitrogens with one attached hydrogen (secondary N) is 2. The van der Waals surface area contributed by atoms with E-state index in [0.717, 1.165) is 0 Å². The van der Waals surface area contributed by atoms with Crippen LogP contribution in [0.5, 0.6) is 0 Å². The highest BCUT2D eigenvalue weighted by Gasteiger charge is 2.11. The quantitative estimate of drug-likeness (QED) is 0.527. The summed E-state index contributed by atoms with van der Waals surface area (Å²) in [7, 11) is -2.20. The number of methoxy groups -OCH3 is 1. The maximum atomic E-state index is 11.8. The van der Waals surface area contributed by atoms with Crippen LogP contribution in [0.15, 0.2) is 18.2 Å². The Morgan fingerprint density at radius 3 is 2.85 bits per heavy atom. The average Bonchev–Trinajstić information content (AvgIpc) is 2.39. The van der Waals surface area contributed by atoms with E-state index in [-0.39, 0.29) is 19.7 Å². The van der Waals surface area contributed by atoms with Gasteiger partial charge < -0.3 is 10.5 Å². The molecule has 0 amide bonds. The van der Waals surface area contributed by atoms with Crippen LogP contribution in [0, 0.1) is 11.8 Å². The topological polar surface area (TPSA) is 93.4 Å². The lowest BCUT2D eigenvalue weighted by Gasteiger charge is -2.11. The Labute approximate surface area is 123 Å². The number of hydrogen-bond acceptors (Lipinski definition) is 4. The van der Waals surface area contributed by atoms with Crippen molar-refractivity contribution in [3.8, 4) is 11.8 Å². The van der Waals surface area contributed by atoms with Crippen LogP contribution in [0.1, 0.15) is 5.56 Å². The molecule has 0 fully saturated rings. The molecule has 4 N–H and O–H groups in total. The molecule has 0 radical (unpaired) electrons. The Bertz CT molecular complexity index is 608. The molecule has 6 nitrogen and oxygen atoms in total. The van der Waals surface area contributed by atoms with Crippen molar-refractivity contribution in [1.82, 2.24) is 4.72 Å². The molecule has 0 bridgehead atoms. The average molecular weight is 318 g/mol. The highest BCUT2D eigenvalue weighted by molar-refractivity contribution is 7.90. The molecular formula is C12H16ClN3O3S. The van der Waals surface area contributed by atoms with Gasteiger partial charge in [-0.2, -0.15) is 13.1 Å². The molecule has 110 valence electrons. The SMILES string of the molecule is COCCNS(=O)(=O)Nc1ccc(Cl)cc1C#CCN. The van der Waals surface area contributed by atoms with Gasteiger partial charge in [0.2, 0.25) is 0 Å². The van der Waals surface area contributed by atoms with E-state index in [1.165, 1.54) is 7.11 Å². The van der Waals surface area contributed by atoms with Crippen LogP contribution in [0.3, 0.4) is 0 Å². The molecule has 1 aromatic carbocycles. The van der Waals surface area contributed by atoms with Crippen LogP contribution in [0.25, 0.3) is 0 Å². The van der Waals surface area contributed by atoms with Gasteiger partial charge in [0.05, 0.1) is 24.4 Å². The van der Waals surface area contributed by atoms with E-state index < -0.39 is 10.2 Å². The summed E-state index contributed by atoms with van der Waals surface area (Å²) in [5.74, 6) is 5.42. The summed E-state index contributed by atoms with van der Waals surface area (Å²) in [4.78, 5) is 0. The van der Waals surface area contributed by atoms with Crippen LogP contribution < -0.4 is 15.2 Å². The van der Waals surface area contributed by atoms with Gasteiger partial charge in [0, 0.05) is 18.7 Å². The Morgan fingerprint density at radius 1 is 1.45 bits per heavy atom. The van der Waals surface area contributed by atoms with Gasteiger partial charge in [0.15, 0.2) is 0 Å². The minimum absolute atomic E-state index is 0.170. The third kappa shape index (κ3) is 5.77. The fourth-order valence-electron chi connectivity index (χ4n) is 1.31. The molecule has 0 atom stereocenters. The fraction of sp³-hybridized carbons (Fsp3) is 0.333. The monoisotopic (exact) mass is 317 g/mol. The second kappa shape index (κ2) is 8.09. The van der Waals surface area contributed by atoms with Crippen LogP contribution >= 0.6 is 11.6 Å². The first-order valence-electron chi connectivity index (χ1n) is 5.73. The zero-order chi connectivity index (χ0) is 15.0. The molecule has 0 aliphatic rings. The van der Waals surface area contributed by atoms with Gasteiger partial charge in [-0.15, -0.1) is 0 Å². The summed E-state index contributed by atoms with van der Waals surface area (Å²) >= 11 is 5.86. The zero-order valence-electron chi connectivity index (χ0n) is 10.9. The number of halogens is 1. The molecular weight excluding hydrogens is 302 g/mol. The Kier molecular flexibility index (Phi) is 6.78. The van der Waals surface area contributed by atoms with E-state index in [0.29, 0.717) is 16.3 Å². The van der Waals surface area contributed by atoms with E-state index in [4.69, 9.17) is 22.1 Å². The van der Waals surface area contributed by atoms with E-state index in [1.54, 1.807) is 18.2 Å². The van der Waals surface area contributed by atoms with Crippen molar-refractivity contribution in [3.05, 3.63) is 28.8 Å². The van der Waals surface area contributed by atoms with Crippen molar-refractivity contribution in [2.45, 2.75) is 0 Å². The van der Waals surface area contributed by atoms with Crippen molar-refractivity contribution < 1.29 is 13.2 Å². The third-order valence-corrected chi connectivity index (χ3v) is 3.46. The molecule has 0 heterocycles. The van der Waals surface area contributed by atoms with Crippen LogP contribution in [-0.4, -0.2) is 35.2 Å². The van der Waals surface area contributed by atoms with Crippen LogP contribution in [0.4, 0.5) is 5.69 Å². The summed E-state index contributed by atoms with van der Waals surface area (Å²) < 4.78 is 33.1. The minimum Gasteiger partial charge on any atom is -0.383 e. The predicted molar refractivity (Wildman–Crippen MR) is 79.8 cm³/mol. The maximum Gasteiger partial charge on any atom is 0.299 e. The minimum atomic E-state index is -3.69. The van der Waals surface area contributed by atoms with Gasteiger partial charge in [-0.3, -0.25) is 4.72 Å². The predicted octanol–water partition coefficient (Wildman–Crippen LogP) is 0.543. The summed E-state index contributed by atoms with van der Waals surface area (Å²) in [5.41, 5.74) is 6.09. The van der Waals surface area contributed by atoms with Crippen molar-refractivity contribution in [1.29, 1.82) is 0 Å². The van der Waals surface area contributed by atoms with Gasteiger partial charge in [-0.1, -0.05) is 23.4 Å². The standard InChI is InChI=1S/C12H16ClN3O3S/c1-19-8-7-15-20(17,18)16-12-5-4-11(13)9-10(12)3-2-6-14/h4-5,9,15-16H,6-8,14H2,1H3. The molecule has 0 aromatic heterocycles. The first kappa shape index (κ1) is 16.8. The largest absolute Gasteiger partial charge is 0.383 e. The number of hydrogen-bond donors (Lipinski definition) is 3. The van der Waals surface area contributed by atoms with E-state index in [1.807, 2.05) is 0 Å². The zero-order valence-corrected chi connectivity index (χ0v) is 12.5. The van der Waals surface area contributed by atoms with E-state index in [2.05, 4.69) is 21.3 Å². The Hall–Kier alpha value is -1.30. The summed E-state index contributed by atoms with van der Waals surface area (Å²) in [5, 5.41) is 0.460. The number of anilines is 1. The molecule has 0 unspecified atom stereocenters. The molecule has 8 heteroatoms. The van der Waals surface area contributed by atoms with Crippen LogP contribution in [-0.2, 0) is 14.9 Å². The van der Waals surface area contributed by atoms with Crippen molar-refractivity contribution in [2.75, 3.05) is 31.5 Å². The molecule has 0 aliphatic carbocycles. The van der Waals surface area contributed by atoms with Gasteiger partial charge >= 0.3 is 0 Å². The first-order valence-corrected chi connectivity index (χ1v) is 7.59. The molecule has 0 spiro atoms. The molecule has 0 saturated heterocycles. The van der Waals surface area contributed by atoms with E-state index in [9.17, 15) is 8.42 Å². The van der Waals surface area contributed by atoms with Gasteiger partial charge in [-0.25, -0.2) is 0 Å². The normalized spacial score (nSPS) is 10.8. The van der Waals surface area contributed by atoms with E-state index >= 15 is 0 Å². The highest BCUT2D eigenvalue weighted by Crippen LogP contribution is 2.20. The first-order chi connectivity index (χ1) is 9.48. The number of nitrogens with two attached hydrogens (primary N) is 1. The van der Waals surface area contributed by atoms with Crippen molar-refractivity contribution >= 4 is 27.5 Å². The van der Waals surface area contributed by atoms with Gasteiger partial charge in [-0.05, 0) is 18.2 Å². The lowest BCUT2D eigenvalue weighted by Crippen LogP contribution is -2.32. The fourth-order valence-corrected chi connectivity index (χ4v) is 2.38. The van der Waals surface area contributed by atoms with Crippen molar-refractivity contribution in [2.24, 2.45) is 5.73 Å². The summed E-state index contributed by atoms with van der Waals surface area (Å²) in [6, 6.07) is 4.68. The number of ether oxygens (including phenoxy) is 1. The molecule has 1 rings (SSSR count). The molecule has 20 heavy (non-hydrogen) atoms. The van der Waals surface area contributed by atoms with Crippen molar-refractivity contribution in [3.63, 3.8) is 0 Å².